The second-order valence-electron chi connectivity index (χ2n) is 4.57. The van der Waals surface area contributed by atoms with E-state index in [0.29, 0.717) is 10.2 Å². The highest BCUT2D eigenvalue weighted by Crippen LogP contribution is 2.20. The molecule has 20 heavy (non-hydrogen) atoms. The Hall–Kier alpha value is -1.83. The molecular weight excluding hydrogens is 330 g/mol. The molecule has 0 saturated heterocycles. The Balaban J connectivity index is 3.11. The lowest BCUT2D eigenvalue weighted by Gasteiger charge is -2.21. The van der Waals surface area contributed by atoms with Crippen LogP contribution in [0, 0.1) is 0 Å². The van der Waals surface area contributed by atoms with E-state index < -0.39 is 30.9 Å². The van der Waals surface area contributed by atoms with Crippen LogP contribution in [0.5, 0.6) is 0 Å². The number of carbonyl (C=O) groups excluding carboxylic acids is 2. The van der Waals surface area contributed by atoms with E-state index in [0.717, 1.165) is 4.90 Å². The number of rotatable bonds is 6. The summed E-state index contributed by atoms with van der Waals surface area (Å²) in [4.78, 5) is 35.0. The van der Waals surface area contributed by atoms with Gasteiger partial charge in [0.2, 0.25) is 5.91 Å². The van der Waals surface area contributed by atoms with Gasteiger partial charge in [-0.3, -0.25) is 14.4 Å². The van der Waals surface area contributed by atoms with Crippen LogP contribution in [-0.2, 0) is 9.59 Å². The lowest BCUT2D eigenvalue weighted by Crippen LogP contribution is -2.42. The van der Waals surface area contributed by atoms with Crippen molar-refractivity contribution in [2.45, 2.75) is 19.9 Å². The fourth-order valence-corrected chi connectivity index (χ4v) is 2.19. The van der Waals surface area contributed by atoms with Gasteiger partial charge in [0.15, 0.2) is 0 Å². The second-order valence-corrected chi connectivity index (χ2v) is 5.48. The molecule has 110 valence electrons. The summed E-state index contributed by atoms with van der Waals surface area (Å²) in [5, 5.41) is 8.81. The van der Waals surface area contributed by atoms with Gasteiger partial charge in [-0.25, -0.2) is 0 Å². The summed E-state index contributed by atoms with van der Waals surface area (Å²) < 4.78 is 2.39. The third-order valence-corrected chi connectivity index (χ3v) is 2.98. The van der Waals surface area contributed by atoms with Crippen LogP contribution in [0.15, 0.2) is 16.7 Å². The Kier molecular flexibility index (Phi) is 5.32. The molecule has 0 unspecified atom stereocenters. The zero-order valence-corrected chi connectivity index (χ0v) is 12.8. The van der Waals surface area contributed by atoms with Gasteiger partial charge in [0.05, 0.1) is 0 Å². The summed E-state index contributed by atoms with van der Waals surface area (Å²) in [6.07, 6.45) is 1.72. The molecule has 0 aromatic carbocycles. The minimum Gasteiger partial charge on any atom is -0.480 e. The number of carboxylic acids is 1. The van der Waals surface area contributed by atoms with Gasteiger partial charge in [0.1, 0.15) is 18.8 Å². The first-order valence-corrected chi connectivity index (χ1v) is 6.68. The van der Waals surface area contributed by atoms with E-state index in [9.17, 15) is 14.4 Å². The summed E-state index contributed by atoms with van der Waals surface area (Å²) in [5.41, 5.74) is 5.35. The number of primary amides is 1. The summed E-state index contributed by atoms with van der Waals surface area (Å²) >= 11 is 3.27. The van der Waals surface area contributed by atoms with Crippen molar-refractivity contribution in [2.75, 3.05) is 13.1 Å². The number of aromatic nitrogens is 1. The van der Waals surface area contributed by atoms with Crippen molar-refractivity contribution >= 4 is 33.7 Å². The number of aliphatic carboxylic acids is 1. The topological polar surface area (TPSA) is 106 Å². The van der Waals surface area contributed by atoms with Crippen LogP contribution in [-0.4, -0.2) is 45.4 Å². The van der Waals surface area contributed by atoms with E-state index in [4.69, 9.17) is 10.8 Å². The van der Waals surface area contributed by atoms with E-state index in [1.807, 2.05) is 13.8 Å². The zero-order valence-electron chi connectivity index (χ0n) is 11.2. The molecule has 2 amide bonds. The van der Waals surface area contributed by atoms with Crippen LogP contribution in [0.25, 0.3) is 0 Å². The SMILES string of the molecule is CC(C)n1cc(Br)cc1C(=O)N(CC(N)=O)CC(=O)O. The molecule has 8 heteroatoms. The Bertz CT molecular complexity index is 523. The summed E-state index contributed by atoms with van der Waals surface area (Å²) in [7, 11) is 0. The molecule has 0 aliphatic rings. The minimum absolute atomic E-state index is 0.0144. The van der Waals surface area contributed by atoms with Crippen molar-refractivity contribution in [2.24, 2.45) is 5.73 Å². The maximum absolute atomic E-state index is 12.4. The predicted octanol–water partition coefficient (Wildman–Crippen LogP) is 0.844. The van der Waals surface area contributed by atoms with Crippen molar-refractivity contribution in [1.82, 2.24) is 9.47 Å². The van der Waals surface area contributed by atoms with Crippen LogP contribution in [0.4, 0.5) is 0 Å². The molecule has 0 atom stereocenters. The van der Waals surface area contributed by atoms with Gasteiger partial charge in [0.25, 0.3) is 5.91 Å². The number of carboxylic acid groups (broad SMARTS) is 1. The number of nitrogens with two attached hydrogens (primary N) is 1. The maximum Gasteiger partial charge on any atom is 0.323 e. The van der Waals surface area contributed by atoms with Crippen molar-refractivity contribution in [1.29, 1.82) is 0 Å². The number of hydrogen-bond donors (Lipinski definition) is 2. The molecular formula is C12H16BrN3O4. The molecule has 0 radical (unpaired) electrons. The Labute approximate surface area is 124 Å². The maximum atomic E-state index is 12.4. The van der Waals surface area contributed by atoms with Gasteiger partial charge in [-0.15, -0.1) is 0 Å². The molecule has 1 rings (SSSR count). The van der Waals surface area contributed by atoms with Gasteiger partial charge in [-0.2, -0.15) is 0 Å². The molecule has 0 bridgehead atoms. The molecule has 1 heterocycles. The smallest absolute Gasteiger partial charge is 0.323 e. The number of amides is 2. The van der Waals surface area contributed by atoms with Crippen molar-refractivity contribution in [3.8, 4) is 0 Å². The lowest BCUT2D eigenvalue weighted by molar-refractivity contribution is -0.138. The second kappa shape index (κ2) is 6.56. The minimum atomic E-state index is -1.21. The third kappa shape index (κ3) is 4.09. The summed E-state index contributed by atoms with van der Waals surface area (Å²) in [6.45, 7) is 2.76. The fraction of sp³-hybridized carbons (Fsp3) is 0.417. The zero-order chi connectivity index (χ0) is 15.4. The molecule has 1 aromatic rings. The quantitative estimate of drug-likeness (QED) is 0.796. The molecule has 0 aliphatic carbocycles. The number of hydrogen-bond acceptors (Lipinski definition) is 3. The summed E-state index contributed by atoms with van der Waals surface area (Å²) in [6, 6.07) is 1.60. The highest BCUT2D eigenvalue weighted by Gasteiger charge is 2.24. The average molecular weight is 346 g/mol. The monoisotopic (exact) mass is 345 g/mol. The van der Waals surface area contributed by atoms with E-state index in [1.54, 1.807) is 16.8 Å². The van der Waals surface area contributed by atoms with E-state index >= 15 is 0 Å². The molecule has 0 aliphatic heterocycles. The van der Waals surface area contributed by atoms with E-state index in [-0.39, 0.29) is 6.04 Å². The normalized spacial score (nSPS) is 10.6. The fourth-order valence-electron chi connectivity index (χ4n) is 1.76. The van der Waals surface area contributed by atoms with Crippen LogP contribution < -0.4 is 5.73 Å². The number of carbonyl (C=O) groups is 3. The highest BCUT2D eigenvalue weighted by atomic mass is 79.9. The van der Waals surface area contributed by atoms with Gasteiger partial charge >= 0.3 is 5.97 Å². The van der Waals surface area contributed by atoms with Crippen LogP contribution in [0.2, 0.25) is 0 Å². The van der Waals surface area contributed by atoms with E-state index in [1.165, 1.54) is 0 Å². The first-order valence-electron chi connectivity index (χ1n) is 5.89. The molecule has 1 aromatic heterocycles. The van der Waals surface area contributed by atoms with Gasteiger partial charge in [0, 0.05) is 16.7 Å². The molecule has 7 nitrogen and oxygen atoms in total. The van der Waals surface area contributed by atoms with E-state index in [2.05, 4.69) is 15.9 Å². The Morgan fingerprint density at radius 1 is 1.40 bits per heavy atom. The molecule has 0 saturated carbocycles. The largest absolute Gasteiger partial charge is 0.480 e. The van der Waals surface area contributed by atoms with Crippen LogP contribution >= 0.6 is 15.9 Å². The lowest BCUT2D eigenvalue weighted by atomic mass is 10.3. The number of halogens is 1. The van der Waals surface area contributed by atoms with Gasteiger partial charge < -0.3 is 20.3 Å². The predicted molar refractivity (Wildman–Crippen MR) is 75.3 cm³/mol. The Morgan fingerprint density at radius 3 is 2.45 bits per heavy atom. The van der Waals surface area contributed by atoms with Gasteiger partial charge in [-0.1, -0.05) is 0 Å². The van der Waals surface area contributed by atoms with Crippen LogP contribution in [0.1, 0.15) is 30.4 Å². The third-order valence-electron chi connectivity index (χ3n) is 2.55. The van der Waals surface area contributed by atoms with Crippen molar-refractivity contribution in [3.05, 3.63) is 22.4 Å². The van der Waals surface area contributed by atoms with Crippen molar-refractivity contribution in [3.63, 3.8) is 0 Å². The van der Waals surface area contributed by atoms with Crippen molar-refractivity contribution < 1.29 is 19.5 Å². The van der Waals surface area contributed by atoms with Gasteiger partial charge in [-0.05, 0) is 35.8 Å². The standard InChI is InChI=1S/C12H16BrN3O4/c1-7(2)16-4-8(13)3-9(16)12(20)15(5-10(14)17)6-11(18)19/h3-4,7H,5-6H2,1-2H3,(H2,14,17)(H,18,19). The Morgan fingerprint density at radius 2 is 2.00 bits per heavy atom. The first-order chi connectivity index (χ1) is 9.22. The number of nitrogens with zero attached hydrogens (tertiary/aromatic N) is 2. The molecule has 0 spiro atoms. The summed E-state index contributed by atoms with van der Waals surface area (Å²) in [5.74, 6) is -2.52. The van der Waals surface area contributed by atoms with Crippen LogP contribution in [0.3, 0.4) is 0 Å². The molecule has 3 N–H and O–H groups in total. The first kappa shape index (κ1) is 16.2. The molecule has 0 fully saturated rings. The average Bonchev–Trinajstić information content (AvgIpc) is 2.68. The highest BCUT2D eigenvalue weighted by molar-refractivity contribution is 9.10.